The highest BCUT2D eigenvalue weighted by Gasteiger charge is 2.34. The van der Waals surface area contributed by atoms with Gasteiger partial charge in [-0.1, -0.05) is 19.1 Å². The van der Waals surface area contributed by atoms with Crippen LogP contribution in [0.25, 0.3) is 0 Å². The molecule has 1 unspecified atom stereocenters. The predicted molar refractivity (Wildman–Crippen MR) is 70.2 cm³/mol. The minimum atomic E-state index is -1.06. The summed E-state index contributed by atoms with van der Waals surface area (Å²) in [7, 11) is 0. The molecular formula is C12H14F2N2OS. The number of amides is 1. The first-order valence-electron chi connectivity index (χ1n) is 5.37. The normalized spacial score (nSPS) is 13.8. The summed E-state index contributed by atoms with van der Waals surface area (Å²) >= 11 is 4.84. The molecule has 0 fully saturated rings. The van der Waals surface area contributed by atoms with E-state index in [-0.39, 0.29) is 10.7 Å². The highest BCUT2D eigenvalue weighted by molar-refractivity contribution is 7.80. The van der Waals surface area contributed by atoms with Crippen LogP contribution in [-0.2, 0) is 4.79 Å². The van der Waals surface area contributed by atoms with Crippen molar-refractivity contribution >= 4 is 28.8 Å². The van der Waals surface area contributed by atoms with Crippen LogP contribution < -0.4 is 11.1 Å². The molecule has 0 spiro atoms. The van der Waals surface area contributed by atoms with E-state index in [1.807, 2.05) is 0 Å². The largest absolute Gasteiger partial charge is 0.392 e. The number of hydrogen-bond donors (Lipinski definition) is 2. The van der Waals surface area contributed by atoms with Crippen molar-refractivity contribution < 1.29 is 13.6 Å². The van der Waals surface area contributed by atoms with Crippen molar-refractivity contribution in [1.82, 2.24) is 0 Å². The Morgan fingerprint density at radius 2 is 2.11 bits per heavy atom. The Bertz CT molecular complexity index is 493. The van der Waals surface area contributed by atoms with Gasteiger partial charge in [-0.15, -0.1) is 0 Å². The van der Waals surface area contributed by atoms with Gasteiger partial charge < -0.3 is 11.1 Å². The van der Waals surface area contributed by atoms with Gasteiger partial charge in [-0.05, 0) is 25.5 Å². The van der Waals surface area contributed by atoms with E-state index < -0.39 is 23.0 Å². The monoisotopic (exact) mass is 272 g/mol. The standard InChI is InChI=1S/C12H14F2N2OS/c1-3-12(2,10(15)18)11(17)16-9-5-4-7(13)6-8(9)14/h4-6H,3H2,1-2H3,(H2,15,18)(H,16,17). The third kappa shape index (κ3) is 2.81. The summed E-state index contributed by atoms with van der Waals surface area (Å²) in [5, 5.41) is 2.36. The molecule has 1 rings (SSSR count). The van der Waals surface area contributed by atoms with Gasteiger partial charge in [0.1, 0.15) is 11.6 Å². The van der Waals surface area contributed by atoms with E-state index in [1.165, 1.54) is 0 Å². The molecule has 98 valence electrons. The molecule has 3 nitrogen and oxygen atoms in total. The van der Waals surface area contributed by atoms with Crippen molar-refractivity contribution in [2.24, 2.45) is 11.1 Å². The fourth-order valence-electron chi connectivity index (χ4n) is 1.30. The molecule has 1 amide bonds. The maximum absolute atomic E-state index is 13.4. The molecule has 18 heavy (non-hydrogen) atoms. The second-order valence-corrected chi connectivity index (χ2v) is 4.57. The van der Waals surface area contributed by atoms with Crippen LogP contribution in [0.5, 0.6) is 0 Å². The average Bonchev–Trinajstić information content (AvgIpc) is 2.31. The van der Waals surface area contributed by atoms with Crippen molar-refractivity contribution in [2.75, 3.05) is 5.32 Å². The topological polar surface area (TPSA) is 55.1 Å². The number of rotatable bonds is 4. The fourth-order valence-corrected chi connectivity index (χ4v) is 1.53. The molecule has 0 aliphatic rings. The first-order chi connectivity index (χ1) is 8.31. The lowest BCUT2D eigenvalue weighted by molar-refractivity contribution is -0.121. The fraction of sp³-hybridized carbons (Fsp3) is 0.333. The Balaban J connectivity index is 2.97. The van der Waals surface area contributed by atoms with Crippen LogP contribution in [0.4, 0.5) is 14.5 Å². The summed E-state index contributed by atoms with van der Waals surface area (Å²) < 4.78 is 26.1. The van der Waals surface area contributed by atoms with Gasteiger partial charge in [-0.3, -0.25) is 4.79 Å². The minimum Gasteiger partial charge on any atom is -0.392 e. The highest BCUT2D eigenvalue weighted by Crippen LogP contribution is 2.25. The van der Waals surface area contributed by atoms with E-state index in [4.69, 9.17) is 18.0 Å². The number of anilines is 1. The van der Waals surface area contributed by atoms with E-state index in [1.54, 1.807) is 13.8 Å². The Morgan fingerprint density at radius 3 is 2.56 bits per heavy atom. The zero-order valence-corrected chi connectivity index (χ0v) is 10.9. The molecule has 3 N–H and O–H groups in total. The Kier molecular flexibility index (Phi) is 4.34. The number of carbonyl (C=O) groups is 1. The second kappa shape index (κ2) is 5.39. The average molecular weight is 272 g/mol. The zero-order chi connectivity index (χ0) is 13.9. The van der Waals surface area contributed by atoms with Crippen LogP contribution in [0.2, 0.25) is 0 Å². The number of benzene rings is 1. The summed E-state index contributed by atoms with van der Waals surface area (Å²) in [6.45, 7) is 3.33. The quantitative estimate of drug-likeness (QED) is 0.828. The van der Waals surface area contributed by atoms with Crippen molar-refractivity contribution in [3.8, 4) is 0 Å². The highest BCUT2D eigenvalue weighted by atomic mass is 32.1. The summed E-state index contributed by atoms with van der Waals surface area (Å²) in [6, 6.07) is 2.90. The number of nitrogens with two attached hydrogens (primary N) is 1. The summed E-state index contributed by atoms with van der Waals surface area (Å²) in [4.78, 5) is 12.0. The molecule has 1 aromatic carbocycles. The first-order valence-corrected chi connectivity index (χ1v) is 5.78. The van der Waals surface area contributed by atoms with Crippen LogP contribution in [0.3, 0.4) is 0 Å². The molecule has 0 heterocycles. The molecule has 1 aromatic rings. The van der Waals surface area contributed by atoms with Gasteiger partial charge in [-0.25, -0.2) is 8.78 Å². The third-order valence-electron chi connectivity index (χ3n) is 2.93. The second-order valence-electron chi connectivity index (χ2n) is 4.13. The van der Waals surface area contributed by atoms with Crippen LogP contribution in [0.15, 0.2) is 18.2 Å². The molecule has 0 saturated heterocycles. The van der Waals surface area contributed by atoms with Crippen LogP contribution in [-0.4, -0.2) is 10.9 Å². The molecule has 1 atom stereocenters. The van der Waals surface area contributed by atoms with Gasteiger partial charge in [0, 0.05) is 6.07 Å². The molecule has 0 aromatic heterocycles. The lowest BCUT2D eigenvalue weighted by Crippen LogP contribution is -2.43. The molecular weight excluding hydrogens is 258 g/mol. The maximum Gasteiger partial charge on any atom is 0.237 e. The molecule has 0 aliphatic carbocycles. The number of thiocarbonyl (C=S) groups is 1. The van der Waals surface area contributed by atoms with Gasteiger partial charge in [0.05, 0.1) is 16.1 Å². The van der Waals surface area contributed by atoms with Gasteiger partial charge in [0.15, 0.2) is 0 Å². The van der Waals surface area contributed by atoms with Crippen molar-refractivity contribution in [3.05, 3.63) is 29.8 Å². The number of hydrogen-bond acceptors (Lipinski definition) is 2. The summed E-state index contributed by atoms with van der Waals surface area (Å²) in [6.07, 6.45) is 0.386. The van der Waals surface area contributed by atoms with Gasteiger partial charge in [0.25, 0.3) is 0 Å². The molecule has 0 bridgehead atoms. The van der Waals surface area contributed by atoms with Crippen LogP contribution in [0.1, 0.15) is 20.3 Å². The minimum absolute atomic E-state index is 0.0324. The van der Waals surface area contributed by atoms with E-state index in [2.05, 4.69) is 5.32 Å². The SMILES string of the molecule is CCC(C)(C(=O)Nc1ccc(F)cc1F)C(N)=S. The lowest BCUT2D eigenvalue weighted by Gasteiger charge is -2.25. The smallest absolute Gasteiger partial charge is 0.237 e. The molecule has 0 aliphatic heterocycles. The predicted octanol–water partition coefficient (Wildman–Crippen LogP) is 2.61. The Hall–Kier alpha value is -1.56. The third-order valence-corrected chi connectivity index (χ3v) is 3.38. The van der Waals surface area contributed by atoms with Gasteiger partial charge in [-0.2, -0.15) is 0 Å². The Morgan fingerprint density at radius 1 is 1.50 bits per heavy atom. The maximum atomic E-state index is 13.4. The van der Waals surface area contributed by atoms with E-state index in [9.17, 15) is 13.6 Å². The van der Waals surface area contributed by atoms with Crippen LogP contribution >= 0.6 is 12.2 Å². The summed E-state index contributed by atoms with van der Waals surface area (Å²) in [5.74, 6) is -2.06. The van der Waals surface area contributed by atoms with Crippen LogP contribution in [0, 0.1) is 17.0 Å². The molecule has 0 saturated carbocycles. The van der Waals surface area contributed by atoms with E-state index in [0.29, 0.717) is 12.5 Å². The zero-order valence-electron chi connectivity index (χ0n) is 10.1. The number of halogens is 2. The van der Waals surface area contributed by atoms with Crippen molar-refractivity contribution in [1.29, 1.82) is 0 Å². The lowest BCUT2D eigenvalue weighted by atomic mass is 9.86. The Labute approximate surface area is 109 Å². The van der Waals surface area contributed by atoms with E-state index >= 15 is 0 Å². The molecule has 0 radical (unpaired) electrons. The van der Waals surface area contributed by atoms with Crippen molar-refractivity contribution in [2.45, 2.75) is 20.3 Å². The van der Waals surface area contributed by atoms with Gasteiger partial charge >= 0.3 is 0 Å². The molecule has 6 heteroatoms. The van der Waals surface area contributed by atoms with E-state index in [0.717, 1.165) is 12.1 Å². The van der Waals surface area contributed by atoms with Gasteiger partial charge in [0.2, 0.25) is 5.91 Å². The first kappa shape index (κ1) is 14.5. The summed E-state index contributed by atoms with van der Waals surface area (Å²) in [5.41, 5.74) is 4.36. The number of carbonyl (C=O) groups excluding carboxylic acids is 1. The van der Waals surface area contributed by atoms with Crippen molar-refractivity contribution in [3.63, 3.8) is 0 Å². The number of nitrogens with one attached hydrogen (secondary N) is 1.